The third kappa shape index (κ3) is 4.89. The molecule has 4 nitrogen and oxygen atoms in total. The standard InChI is InChI=1S/C52H30N4/c53-31-32-23-25-33(26-24-32)36-27-28-43-37-17-7-8-18-38(37)44-29-30-45(47(36)48(43)44)46-39-19-9-11-21-41(39)49(42-22-12-10-20-40(42)46)52-55-50(34-13-3-1-4-14-34)54-51(56-52)35-15-5-2-6-16-35/h1-30H. The Kier molecular flexibility index (Phi) is 7.20. The highest BCUT2D eigenvalue weighted by molar-refractivity contribution is 6.28. The molecule has 10 aromatic rings. The van der Waals surface area contributed by atoms with Crippen molar-refractivity contribution >= 4 is 32.3 Å². The van der Waals surface area contributed by atoms with Gasteiger partial charge in [0.2, 0.25) is 0 Å². The van der Waals surface area contributed by atoms with Crippen molar-refractivity contribution in [2.45, 2.75) is 0 Å². The number of nitriles is 1. The van der Waals surface area contributed by atoms with Crippen molar-refractivity contribution in [2.75, 3.05) is 0 Å². The molecule has 0 N–H and O–H groups in total. The largest absolute Gasteiger partial charge is 0.208 e. The Morgan fingerprint density at radius 3 is 1.23 bits per heavy atom. The molecule has 0 atom stereocenters. The van der Waals surface area contributed by atoms with Gasteiger partial charge in [0.25, 0.3) is 0 Å². The summed E-state index contributed by atoms with van der Waals surface area (Å²) in [6.45, 7) is 0. The van der Waals surface area contributed by atoms with Crippen LogP contribution in [0.5, 0.6) is 0 Å². The average Bonchev–Trinajstić information content (AvgIpc) is 3.60. The van der Waals surface area contributed by atoms with E-state index < -0.39 is 0 Å². The van der Waals surface area contributed by atoms with E-state index in [0.717, 1.165) is 60.5 Å². The molecule has 0 radical (unpaired) electrons. The molecule has 0 amide bonds. The first-order valence-electron chi connectivity index (χ1n) is 18.8. The topological polar surface area (TPSA) is 62.5 Å². The average molecular weight is 711 g/mol. The molecule has 0 bridgehead atoms. The molecule has 0 saturated heterocycles. The van der Waals surface area contributed by atoms with Crippen LogP contribution in [0.2, 0.25) is 0 Å². The summed E-state index contributed by atoms with van der Waals surface area (Å²) in [5, 5.41) is 16.4. The van der Waals surface area contributed by atoms with Gasteiger partial charge in [-0.1, -0.05) is 170 Å². The van der Waals surface area contributed by atoms with E-state index in [1.165, 1.54) is 33.0 Å². The van der Waals surface area contributed by atoms with Gasteiger partial charge in [0.1, 0.15) is 0 Å². The minimum Gasteiger partial charge on any atom is -0.208 e. The first kappa shape index (κ1) is 31.8. The Hall–Kier alpha value is -7.74. The quantitative estimate of drug-likeness (QED) is 0.167. The molecule has 0 fully saturated rings. The number of rotatable bonds is 5. The van der Waals surface area contributed by atoms with Crippen LogP contribution in [0.3, 0.4) is 0 Å². The fraction of sp³-hybridized carbons (Fsp3) is 0. The van der Waals surface area contributed by atoms with E-state index >= 15 is 0 Å². The van der Waals surface area contributed by atoms with E-state index in [0.29, 0.717) is 23.0 Å². The highest BCUT2D eigenvalue weighted by Gasteiger charge is 2.27. The minimum atomic E-state index is 0.630. The highest BCUT2D eigenvalue weighted by atomic mass is 15.0. The normalized spacial score (nSPS) is 11.6. The van der Waals surface area contributed by atoms with Crippen LogP contribution in [0.1, 0.15) is 5.56 Å². The van der Waals surface area contributed by atoms with Gasteiger partial charge in [-0.25, -0.2) is 15.0 Å². The molecule has 0 spiro atoms. The Labute approximate surface area is 323 Å². The van der Waals surface area contributed by atoms with Crippen LogP contribution >= 0.6 is 0 Å². The summed E-state index contributed by atoms with van der Waals surface area (Å²) in [4.78, 5) is 15.5. The molecule has 56 heavy (non-hydrogen) atoms. The van der Waals surface area contributed by atoms with Gasteiger partial charge in [0.15, 0.2) is 17.5 Å². The van der Waals surface area contributed by atoms with E-state index in [1.807, 2.05) is 72.8 Å². The lowest BCUT2D eigenvalue weighted by Crippen LogP contribution is -2.01. The zero-order valence-corrected chi connectivity index (χ0v) is 30.1. The van der Waals surface area contributed by atoms with Gasteiger partial charge in [-0.2, -0.15) is 5.26 Å². The van der Waals surface area contributed by atoms with Crippen molar-refractivity contribution in [1.82, 2.24) is 15.0 Å². The Morgan fingerprint density at radius 1 is 0.304 bits per heavy atom. The smallest absolute Gasteiger partial charge is 0.165 e. The summed E-state index contributed by atoms with van der Waals surface area (Å²) in [7, 11) is 0. The molecule has 9 aromatic carbocycles. The SMILES string of the molecule is N#Cc1ccc(-c2ccc3c4c(ccc(-c5c6ccccc6c(-c6nc(-c7ccccc7)nc(-c7ccccc7)n6)c6ccccc56)c24)-c2ccccc2-3)cc1. The maximum Gasteiger partial charge on any atom is 0.165 e. The number of aromatic nitrogens is 3. The summed E-state index contributed by atoms with van der Waals surface area (Å²) in [6.07, 6.45) is 0. The summed E-state index contributed by atoms with van der Waals surface area (Å²) < 4.78 is 0. The maximum atomic E-state index is 9.63. The van der Waals surface area contributed by atoms with Gasteiger partial charge < -0.3 is 0 Å². The first-order valence-corrected chi connectivity index (χ1v) is 18.8. The second-order valence-electron chi connectivity index (χ2n) is 14.2. The van der Waals surface area contributed by atoms with Crippen molar-refractivity contribution in [3.8, 4) is 84.7 Å². The molecule has 258 valence electrons. The van der Waals surface area contributed by atoms with Crippen LogP contribution in [0.4, 0.5) is 0 Å². The second kappa shape index (κ2) is 12.7. The zero-order chi connectivity index (χ0) is 37.2. The van der Waals surface area contributed by atoms with Gasteiger partial charge in [-0.15, -0.1) is 0 Å². The minimum absolute atomic E-state index is 0.630. The molecular formula is C52H30N4. The lowest BCUT2D eigenvalue weighted by molar-refractivity contribution is 1.08. The zero-order valence-electron chi connectivity index (χ0n) is 30.1. The van der Waals surface area contributed by atoms with Crippen LogP contribution < -0.4 is 0 Å². The van der Waals surface area contributed by atoms with Gasteiger partial charge in [0, 0.05) is 16.7 Å². The van der Waals surface area contributed by atoms with E-state index in [-0.39, 0.29) is 0 Å². The molecule has 11 rings (SSSR count). The van der Waals surface area contributed by atoms with Crippen molar-refractivity contribution in [2.24, 2.45) is 0 Å². The van der Waals surface area contributed by atoms with Crippen LogP contribution in [0.15, 0.2) is 182 Å². The van der Waals surface area contributed by atoms with E-state index in [1.54, 1.807) is 0 Å². The van der Waals surface area contributed by atoms with E-state index in [4.69, 9.17) is 15.0 Å². The predicted octanol–water partition coefficient (Wildman–Crippen LogP) is 13.2. The van der Waals surface area contributed by atoms with Gasteiger partial charge in [0.05, 0.1) is 11.6 Å². The molecule has 4 heteroatoms. The number of nitrogens with zero attached hydrogens (tertiary/aromatic N) is 4. The van der Waals surface area contributed by atoms with E-state index in [2.05, 4.69) is 115 Å². The van der Waals surface area contributed by atoms with E-state index in [9.17, 15) is 5.26 Å². The van der Waals surface area contributed by atoms with Gasteiger partial charge in [-0.05, 0) is 89.0 Å². The molecule has 0 unspecified atom stereocenters. The molecule has 0 aliphatic heterocycles. The number of fused-ring (bicyclic) bond motifs is 5. The van der Waals surface area contributed by atoms with Crippen molar-refractivity contribution < 1.29 is 0 Å². The van der Waals surface area contributed by atoms with Crippen molar-refractivity contribution in [1.29, 1.82) is 5.26 Å². The molecule has 1 aromatic heterocycles. The van der Waals surface area contributed by atoms with Crippen LogP contribution in [-0.4, -0.2) is 15.0 Å². The number of hydrogen-bond donors (Lipinski definition) is 0. The summed E-state index contributed by atoms with van der Waals surface area (Å²) in [6, 6.07) is 65.7. The number of benzene rings is 9. The fourth-order valence-corrected chi connectivity index (χ4v) is 8.65. The van der Waals surface area contributed by atoms with Crippen molar-refractivity contribution in [3.63, 3.8) is 0 Å². The third-order valence-corrected chi connectivity index (χ3v) is 11.1. The Bertz CT molecular complexity index is 3090. The predicted molar refractivity (Wildman–Crippen MR) is 229 cm³/mol. The van der Waals surface area contributed by atoms with Gasteiger partial charge >= 0.3 is 0 Å². The summed E-state index contributed by atoms with van der Waals surface area (Å²) in [5.41, 5.74) is 13.0. The highest BCUT2D eigenvalue weighted by Crippen LogP contribution is 2.54. The molecule has 1 aliphatic carbocycles. The maximum absolute atomic E-state index is 9.63. The second-order valence-corrected chi connectivity index (χ2v) is 14.2. The van der Waals surface area contributed by atoms with Crippen molar-refractivity contribution in [3.05, 3.63) is 188 Å². The van der Waals surface area contributed by atoms with Gasteiger partial charge in [-0.3, -0.25) is 0 Å². The van der Waals surface area contributed by atoms with Crippen LogP contribution in [0.25, 0.3) is 111 Å². The number of hydrogen-bond acceptors (Lipinski definition) is 4. The Balaban J connectivity index is 1.25. The molecular weight excluding hydrogens is 681 g/mol. The monoisotopic (exact) mass is 710 g/mol. The summed E-state index contributed by atoms with van der Waals surface area (Å²) in [5.74, 6) is 1.89. The summed E-state index contributed by atoms with van der Waals surface area (Å²) >= 11 is 0. The molecule has 0 saturated carbocycles. The first-order chi connectivity index (χ1) is 27.7. The molecule has 1 aliphatic rings. The lowest BCUT2D eigenvalue weighted by Gasteiger charge is -2.20. The third-order valence-electron chi connectivity index (χ3n) is 11.1. The fourth-order valence-electron chi connectivity index (χ4n) is 8.65. The lowest BCUT2D eigenvalue weighted by atomic mass is 9.83. The van der Waals surface area contributed by atoms with Crippen LogP contribution in [-0.2, 0) is 0 Å². The molecule has 1 heterocycles. The Morgan fingerprint density at radius 2 is 0.714 bits per heavy atom. The van der Waals surface area contributed by atoms with Crippen LogP contribution in [0, 0.1) is 11.3 Å².